The van der Waals surface area contributed by atoms with Crippen molar-refractivity contribution in [1.29, 1.82) is 0 Å². The smallest absolute Gasteiger partial charge is 0.405 e. The number of carbonyl (C=O) groups excluding carboxylic acids is 1. The fourth-order valence-electron chi connectivity index (χ4n) is 1.89. The second kappa shape index (κ2) is 4.79. The summed E-state index contributed by atoms with van der Waals surface area (Å²) in [6, 6.07) is 6.65. The minimum Gasteiger partial charge on any atom is -0.465 e. The highest BCUT2D eigenvalue weighted by atomic mass is 16.4. The van der Waals surface area contributed by atoms with Crippen molar-refractivity contribution in [3.05, 3.63) is 36.0 Å². The lowest BCUT2D eigenvalue weighted by Gasteiger charge is -2.12. The maximum atomic E-state index is 11.2. The third-order valence-electron chi connectivity index (χ3n) is 2.74. The number of aromatic amines is 1. The summed E-state index contributed by atoms with van der Waals surface area (Å²) in [5, 5.41) is 11.7. The monoisotopic (exact) mass is 247 g/mol. The number of carbonyl (C=O) groups is 2. The highest BCUT2D eigenvalue weighted by Gasteiger charge is 2.19. The average Bonchev–Trinajstić information content (AvgIpc) is 2.71. The van der Waals surface area contributed by atoms with Crippen LogP contribution in [0, 0.1) is 0 Å². The van der Waals surface area contributed by atoms with E-state index in [-0.39, 0.29) is 6.42 Å². The topological polar surface area (TPSA) is 108 Å². The first-order valence-corrected chi connectivity index (χ1v) is 5.41. The molecular weight excluding hydrogens is 234 g/mol. The van der Waals surface area contributed by atoms with Crippen LogP contribution in [0.25, 0.3) is 10.9 Å². The summed E-state index contributed by atoms with van der Waals surface area (Å²) in [5.41, 5.74) is 6.96. The Kier molecular flexibility index (Phi) is 3.18. The molecule has 0 radical (unpaired) electrons. The Labute approximate surface area is 103 Å². The van der Waals surface area contributed by atoms with E-state index in [0.717, 1.165) is 16.5 Å². The second-order valence-electron chi connectivity index (χ2n) is 3.97. The van der Waals surface area contributed by atoms with E-state index in [1.165, 1.54) is 0 Å². The molecule has 1 heterocycles. The van der Waals surface area contributed by atoms with Crippen molar-refractivity contribution in [3.63, 3.8) is 0 Å². The normalized spacial score (nSPS) is 12.2. The Morgan fingerprint density at radius 3 is 2.78 bits per heavy atom. The molecule has 1 aromatic carbocycles. The summed E-state index contributed by atoms with van der Waals surface area (Å²) in [5.74, 6) is -0.692. The van der Waals surface area contributed by atoms with Crippen molar-refractivity contribution in [2.24, 2.45) is 5.73 Å². The number of benzene rings is 1. The zero-order valence-corrected chi connectivity index (χ0v) is 9.51. The quantitative estimate of drug-likeness (QED) is 0.642. The molecule has 1 aromatic heterocycles. The molecule has 0 aliphatic rings. The van der Waals surface area contributed by atoms with Gasteiger partial charge >= 0.3 is 6.09 Å². The largest absolute Gasteiger partial charge is 0.465 e. The van der Waals surface area contributed by atoms with Crippen LogP contribution in [-0.4, -0.2) is 28.1 Å². The highest BCUT2D eigenvalue weighted by molar-refractivity contribution is 5.87. The average molecular weight is 247 g/mol. The van der Waals surface area contributed by atoms with Crippen LogP contribution in [0.4, 0.5) is 4.79 Å². The number of nitrogens with one attached hydrogen (secondary N) is 2. The Bertz CT molecular complexity index is 591. The summed E-state index contributed by atoms with van der Waals surface area (Å²) < 4.78 is 0. The van der Waals surface area contributed by atoms with Crippen molar-refractivity contribution < 1.29 is 14.7 Å². The number of hydrogen-bond donors (Lipinski definition) is 4. The standard InChI is InChI=1S/C12H13N3O3/c13-11(16)10(15-12(17)18)5-7-6-14-9-4-2-1-3-8(7)9/h1-4,6,10,14-15H,5H2,(H2,13,16)(H,17,18). The number of amides is 2. The zero-order valence-electron chi connectivity index (χ0n) is 9.51. The van der Waals surface area contributed by atoms with Crippen LogP contribution < -0.4 is 11.1 Å². The first kappa shape index (κ1) is 12.0. The van der Waals surface area contributed by atoms with E-state index in [9.17, 15) is 9.59 Å². The van der Waals surface area contributed by atoms with Gasteiger partial charge in [-0.25, -0.2) is 4.79 Å². The van der Waals surface area contributed by atoms with Crippen LogP contribution in [0.5, 0.6) is 0 Å². The molecule has 0 aliphatic carbocycles. The number of H-pyrrole nitrogens is 1. The van der Waals surface area contributed by atoms with E-state index >= 15 is 0 Å². The third kappa shape index (κ3) is 2.42. The Morgan fingerprint density at radius 2 is 2.11 bits per heavy atom. The van der Waals surface area contributed by atoms with Crippen LogP contribution in [0.1, 0.15) is 5.56 Å². The molecule has 2 amide bonds. The van der Waals surface area contributed by atoms with Gasteiger partial charge in [0.05, 0.1) is 0 Å². The summed E-state index contributed by atoms with van der Waals surface area (Å²) in [6.07, 6.45) is 0.717. The predicted molar refractivity (Wildman–Crippen MR) is 66.1 cm³/mol. The van der Waals surface area contributed by atoms with Gasteiger partial charge in [-0.15, -0.1) is 0 Å². The van der Waals surface area contributed by atoms with Crippen LogP contribution in [0.2, 0.25) is 0 Å². The molecule has 1 unspecified atom stereocenters. The van der Waals surface area contributed by atoms with Gasteiger partial charge in [0.2, 0.25) is 5.91 Å². The molecule has 0 bridgehead atoms. The molecule has 6 nitrogen and oxygen atoms in total. The highest BCUT2D eigenvalue weighted by Crippen LogP contribution is 2.18. The maximum Gasteiger partial charge on any atom is 0.405 e. The van der Waals surface area contributed by atoms with Gasteiger partial charge < -0.3 is 21.1 Å². The van der Waals surface area contributed by atoms with Gasteiger partial charge in [0.1, 0.15) is 6.04 Å². The molecule has 1 atom stereocenters. The second-order valence-corrected chi connectivity index (χ2v) is 3.97. The number of rotatable bonds is 4. The van der Waals surface area contributed by atoms with Crippen molar-refractivity contribution in [2.75, 3.05) is 0 Å². The summed E-state index contributed by atoms with van der Waals surface area (Å²) in [6.45, 7) is 0. The van der Waals surface area contributed by atoms with Gasteiger partial charge in [-0.2, -0.15) is 0 Å². The summed E-state index contributed by atoms with van der Waals surface area (Å²) in [7, 11) is 0. The number of para-hydroxylation sites is 1. The molecule has 0 saturated heterocycles. The molecule has 0 spiro atoms. The summed E-state index contributed by atoms with van der Waals surface area (Å²) >= 11 is 0. The van der Waals surface area contributed by atoms with Gasteiger partial charge in [0.15, 0.2) is 0 Å². The number of fused-ring (bicyclic) bond motifs is 1. The van der Waals surface area contributed by atoms with E-state index < -0.39 is 18.0 Å². The Hall–Kier alpha value is -2.50. The van der Waals surface area contributed by atoms with Gasteiger partial charge in [-0.05, 0) is 11.6 Å². The van der Waals surface area contributed by atoms with E-state index in [1.54, 1.807) is 6.20 Å². The molecule has 2 rings (SSSR count). The molecule has 18 heavy (non-hydrogen) atoms. The number of hydrogen-bond acceptors (Lipinski definition) is 2. The third-order valence-corrected chi connectivity index (χ3v) is 2.74. The van der Waals surface area contributed by atoms with E-state index in [2.05, 4.69) is 10.3 Å². The lowest BCUT2D eigenvalue weighted by Crippen LogP contribution is -2.45. The molecular formula is C12H13N3O3. The number of aromatic nitrogens is 1. The SMILES string of the molecule is NC(=O)C(Cc1c[nH]c2ccccc12)NC(=O)O. The van der Waals surface area contributed by atoms with Crippen molar-refractivity contribution in [1.82, 2.24) is 10.3 Å². The van der Waals surface area contributed by atoms with Crippen LogP contribution in [0.3, 0.4) is 0 Å². The Morgan fingerprint density at radius 1 is 1.39 bits per heavy atom. The van der Waals surface area contributed by atoms with Gasteiger partial charge in [0.25, 0.3) is 0 Å². The fraction of sp³-hybridized carbons (Fsp3) is 0.167. The molecule has 2 aromatic rings. The molecule has 5 N–H and O–H groups in total. The predicted octanol–water partition coefficient (Wildman–Crippen LogP) is 0.832. The van der Waals surface area contributed by atoms with Crippen LogP contribution in [-0.2, 0) is 11.2 Å². The van der Waals surface area contributed by atoms with E-state index in [0.29, 0.717) is 0 Å². The molecule has 0 aliphatic heterocycles. The van der Waals surface area contributed by atoms with Crippen molar-refractivity contribution in [2.45, 2.75) is 12.5 Å². The number of nitrogens with two attached hydrogens (primary N) is 1. The minimum atomic E-state index is -1.27. The van der Waals surface area contributed by atoms with Crippen LogP contribution >= 0.6 is 0 Å². The molecule has 0 saturated carbocycles. The number of primary amides is 1. The van der Waals surface area contributed by atoms with Gasteiger partial charge in [-0.1, -0.05) is 18.2 Å². The van der Waals surface area contributed by atoms with Crippen LogP contribution in [0.15, 0.2) is 30.5 Å². The molecule has 6 heteroatoms. The zero-order chi connectivity index (χ0) is 13.1. The van der Waals surface area contributed by atoms with Crippen molar-refractivity contribution >= 4 is 22.9 Å². The first-order chi connectivity index (χ1) is 8.58. The lowest BCUT2D eigenvalue weighted by molar-refractivity contribution is -0.119. The fourth-order valence-corrected chi connectivity index (χ4v) is 1.89. The Balaban J connectivity index is 2.26. The summed E-state index contributed by atoms with van der Waals surface area (Å²) in [4.78, 5) is 24.8. The number of carboxylic acid groups (broad SMARTS) is 1. The van der Waals surface area contributed by atoms with E-state index in [4.69, 9.17) is 10.8 Å². The lowest BCUT2D eigenvalue weighted by atomic mass is 10.0. The van der Waals surface area contributed by atoms with Gasteiger partial charge in [0, 0.05) is 23.5 Å². The molecule has 0 fully saturated rings. The van der Waals surface area contributed by atoms with Gasteiger partial charge in [-0.3, -0.25) is 4.79 Å². The first-order valence-electron chi connectivity index (χ1n) is 5.41. The molecule has 94 valence electrons. The maximum absolute atomic E-state index is 11.2. The van der Waals surface area contributed by atoms with E-state index in [1.807, 2.05) is 24.3 Å². The minimum absolute atomic E-state index is 0.228. The van der Waals surface area contributed by atoms with Crippen molar-refractivity contribution in [3.8, 4) is 0 Å².